The number of allylic oxidation sites excluding steroid dienone is 20. The van der Waals surface area contributed by atoms with Gasteiger partial charge in [-0.1, -0.05) is 200 Å². The molecule has 0 aromatic heterocycles. The van der Waals surface area contributed by atoms with Gasteiger partial charge in [-0.15, -0.1) is 0 Å². The summed E-state index contributed by atoms with van der Waals surface area (Å²) in [7, 11) is -4.40. The van der Waals surface area contributed by atoms with Crippen molar-refractivity contribution in [3.63, 3.8) is 0 Å². The molecule has 0 aromatic carbocycles. The molecule has 0 spiro atoms. The highest BCUT2D eigenvalue weighted by molar-refractivity contribution is 7.47. The summed E-state index contributed by atoms with van der Waals surface area (Å²) in [5.41, 5.74) is 5.35. The topological polar surface area (TPSA) is 134 Å². The fourth-order valence-corrected chi connectivity index (χ4v) is 7.00. The van der Waals surface area contributed by atoms with Crippen molar-refractivity contribution >= 4 is 19.8 Å². The van der Waals surface area contributed by atoms with Gasteiger partial charge in [0.2, 0.25) is 0 Å². The molecule has 2 unspecified atom stereocenters. The van der Waals surface area contributed by atoms with Crippen LogP contribution in [0.2, 0.25) is 0 Å². The van der Waals surface area contributed by atoms with Crippen molar-refractivity contribution in [1.82, 2.24) is 0 Å². The van der Waals surface area contributed by atoms with E-state index in [9.17, 15) is 19.0 Å². The predicted octanol–water partition coefficient (Wildman–Crippen LogP) is 15.3. The minimum Gasteiger partial charge on any atom is -0.462 e. The first kappa shape index (κ1) is 61.4. The molecule has 0 saturated carbocycles. The first-order chi connectivity index (χ1) is 31.8. The van der Waals surface area contributed by atoms with Crippen LogP contribution in [-0.4, -0.2) is 49.3 Å². The highest BCUT2D eigenvalue weighted by Gasteiger charge is 2.26. The molecular formula is C55H90NO8P. The number of ether oxygens (including phenoxy) is 2. The van der Waals surface area contributed by atoms with Gasteiger partial charge in [0.1, 0.15) is 6.61 Å². The Morgan fingerprint density at radius 1 is 0.462 bits per heavy atom. The van der Waals surface area contributed by atoms with Gasteiger partial charge >= 0.3 is 19.8 Å². The minimum absolute atomic E-state index is 0.0382. The Morgan fingerprint density at radius 2 is 0.831 bits per heavy atom. The van der Waals surface area contributed by atoms with E-state index in [0.717, 1.165) is 83.5 Å². The van der Waals surface area contributed by atoms with Crippen LogP contribution >= 0.6 is 7.82 Å². The van der Waals surface area contributed by atoms with E-state index >= 15 is 0 Å². The average Bonchev–Trinajstić information content (AvgIpc) is 3.30. The van der Waals surface area contributed by atoms with Crippen LogP contribution in [0, 0.1) is 0 Å². The van der Waals surface area contributed by atoms with Gasteiger partial charge < -0.3 is 20.1 Å². The lowest BCUT2D eigenvalue weighted by atomic mass is 10.0. The molecule has 2 atom stereocenters. The van der Waals surface area contributed by atoms with Gasteiger partial charge in [0, 0.05) is 19.4 Å². The number of unbranched alkanes of at least 4 members (excludes halogenated alkanes) is 12. The molecule has 0 fully saturated rings. The van der Waals surface area contributed by atoms with Crippen molar-refractivity contribution in [2.75, 3.05) is 26.4 Å². The van der Waals surface area contributed by atoms with Crippen LogP contribution in [0.3, 0.4) is 0 Å². The average molecular weight is 924 g/mol. The monoisotopic (exact) mass is 924 g/mol. The maximum absolute atomic E-state index is 12.6. The molecule has 0 aliphatic carbocycles. The van der Waals surface area contributed by atoms with Crippen molar-refractivity contribution in [3.8, 4) is 0 Å². The zero-order valence-corrected chi connectivity index (χ0v) is 41.6. The smallest absolute Gasteiger partial charge is 0.462 e. The zero-order valence-electron chi connectivity index (χ0n) is 40.7. The van der Waals surface area contributed by atoms with Gasteiger partial charge in [0.05, 0.1) is 13.2 Å². The highest BCUT2D eigenvalue weighted by atomic mass is 31.2. The molecule has 3 N–H and O–H groups in total. The van der Waals surface area contributed by atoms with Crippen molar-refractivity contribution in [3.05, 3.63) is 122 Å². The first-order valence-corrected chi connectivity index (χ1v) is 26.5. The second-order valence-corrected chi connectivity index (χ2v) is 17.4. The minimum atomic E-state index is -4.40. The number of phosphoric ester groups is 1. The lowest BCUT2D eigenvalue weighted by molar-refractivity contribution is -0.161. The quantitative estimate of drug-likeness (QED) is 0.0265. The number of phosphoric acid groups is 1. The van der Waals surface area contributed by atoms with Crippen LogP contribution in [0.5, 0.6) is 0 Å². The highest BCUT2D eigenvalue weighted by Crippen LogP contribution is 2.43. The number of esters is 2. The summed E-state index contributed by atoms with van der Waals surface area (Å²) in [6, 6.07) is 0. The Morgan fingerprint density at radius 3 is 1.25 bits per heavy atom. The molecule has 9 nitrogen and oxygen atoms in total. The van der Waals surface area contributed by atoms with E-state index in [1.807, 2.05) is 12.2 Å². The Kier molecular flexibility index (Phi) is 47.1. The summed E-state index contributed by atoms with van der Waals surface area (Å²) in [6.45, 7) is 3.40. The molecular weight excluding hydrogens is 834 g/mol. The summed E-state index contributed by atoms with van der Waals surface area (Å²) in [5.74, 6) is -0.935. The second-order valence-electron chi connectivity index (χ2n) is 15.9. The van der Waals surface area contributed by atoms with Crippen molar-refractivity contribution in [2.24, 2.45) is 5.73 Å². The molecule has 0 heterocycles. The van der Waals surface area contributed by atoms with Crippen LogP contribution in [0.15, 0.2) is 122 Å². The number of carbonyl (C=O) groups excluding carboxylic acids is 2. The largest absolute Gasteiger partial charge is 0.472 e. The molecule has 0 rings (SSSR count). The summed E-state index contributed by atoms with van der Waals surface area (Å²) in [6.07, 6.45) is 68.4. The fraction of sp³-hybridized carbons (Fsp3) is 0.600. The van der Waals surface area contributed by atoms with Gasteiger partial charge in [-0.3, -0.25) is 18.6 Å². The van der Waals surface area contributed by atoms with E-state index in [-0.39, 0.29) is 32.6 Å². The summed E-state index contributed by atoms with van der Waals surface area (Å²) < 4.78 is 32.8. The summed E-state index contributed by atoms with van der Waals surface area (Å²) >= 11 is 0. The molecule has 0 bridgehead atoms. The van der Waals surface area contributed by atoms with Crippen molar-refractivity contribution in [2.45, 2.75) is 187 Å². The lowest BCUT2D eigenvalue weighted by Crippen LogP contribution is -2.29. The molecule has 0 saturated heterocycles. The predicted molar refractivity (Wildman–Crippen MR) is 274 cm³/mol. The summed E-state index contributed by atoms with van der Waals surface area (Å²) in [5, 5.41) is 0. The molecule has 10 heteroatoms. The SMILES string of the molecule is CC/C=C\C/C=C\C/C=C\C/C=C\C/C=C\C/C=C\CCCCCCCCCCCCCCC(=O)OC(COC(=O)CC/C=C\C/C=C\C/C=C\C/C=C\CC)COP(=O)(O)OCCN. The van der Waals surface area contributed by atoms with Gasteiger partial charge in [-0.25, -0.2) is 4.57 Å². The third kappa shape index (κ3) is 49.7. The van der Waals surface area contributed by atoms with Crippen LogP contribution in [-0.2, 0) is 32.7 Å². The third-order valence-electron chi connectivity index (χ3n) is 9.86. The van der Waals surface area contributed by atoms with Gasteiger partial charge in [-0.05, 0) is 89.9 Å². The molecule has 0 aliphatic rings. The lowest BCUT2D eigenvalue weighted by Gasteiger charge is -2.19. The third-order valence-corrected chi connectivity index (χ3v) is 10.8. The van der Waals surface area contributed by atoms with Crippen LogP contribution in [0.4, 0.5) is 0 Å². The molecule has 65 heavy (non-hydrogen) atoms. The standard InChI is InChI=1S/C55H90NO8P/c1-3-5-7-9-11-13-15-17-18-19-20-21-22-23-24-25-26-27-28-29-30-31-32-33-34-36-38-40-42-44-46-48-55(58)64-53(52-63-65(59,60)62-50-49-56)51-61-54(57)47-45-43-41-39-37-35-16-14-12-10-8-6-4-2/h5-8,11-14,17-18,20-21,23-24,26-27,35,37,41,43,53H,3-4,9-10,15-16,19,22,25,28-34,36,38-40,42,44-52,56H2,1-2H3,(H,59,60)/b7-5-,8-6-,13-11-,14-12-,18-17-,21-20-,24-23-,27-26-,37-35-,43-41-. The molecule has 0 radical (unpaired) electrons. The molecule has 0 aliphatic heterocycles. The van der Waals surface area contributed by atoms with E-state index in [0.29, 0.717) is 12.8 Å². The zero-order chi connectivity index (χ0) is 47.4. The van der Waals surface area contributed by atoms with E-state index in [2.05, 4.69) is 123 Å². The number of rotatable bonds is 45. The van der Waals surface area contributed by atoms with Crippen LogP contribution in [0.25, 0.3) is 0 Å². The number of nitrogens with two attached hydrogens (primary N) is 1. The van der Waals surface area contributed by atoms with E-state index < -0.39 is 32.5 Å². The molecule has 0 aromatic rings. The normalized spacial score (nSPS) is 14.2. The van der Waals surface area contributed by atoms with E-state index in [1.165, 1.54) is 57.8 Å². The number of hydrogen-bond acceptors (Lipinski definition) is 8. The molecule has 368 valence electrons. The van der Waals surface area contributed by atoms with Crippen molar-refractivity contribution < 1.29 is 37.6 Å². The second kappa shape index (κ2) is 49.8. The van der Waals surface area contributed by atoms with E-state index in [4.69, 9.17) is 24.3 Å². The Bertz CT molecular complexity index is 1470. The number of hydrogen-bond donors (Lipinski definition) is 2. The summed E-state index contributed by atoms with van der Waals surface area (Å²) in [4.78, 5) is 34.9. The Balaban J connectivity index is 4.05. The van der Waals surface area contributed by atoms with Gasteiger partial charge in [0.25, 0.3) is 0 Å². The van der Waals surface area contributed by atoms with E-state index in [1.54, 1.807) is 0 Å². The first-order valence-electron chi connectivity index (χ1n) is 25.0. The maximum Gasteiger partial charge on any atom is 0.472 e. The molecule has 0 amide bonds. The van der Waals surface area contributed by atoms with Gasteiger partial charge in [-0.2, -0.15) is 0 Å². The Hall–Kier alpha value is -3.59. The van der Waals surface area contributed by atoms with Crippen molar-refractivity contribution in [1.29, 1.82) is 0 Å². The van der Waals surface area contributed by atoms with Gasteiger partial charge in [0.15, 0.2) is 6.10 Å². The maximum atomic E-state index is 12.6. The van der Waals surface area contributed by atoms with Crippen LogP contribution in [0.1, 0.15) is 181 Å². The van der Waals surface area contributed by atoms with Crippen LogP contribution < -0.4 is 5.73 Å². The fourth-order valence-electron chi connectivity index (χ4n) is 6.24. The Labute approximate surface area is 396 Å². The number of carbonyl (C=O) groups is 2.